The van der Waals surface area contributed by atoms with Gasteiger partial charge in [0, 0.05) is 5.56 Å². The third kappa shape index (κ3) is 4.08. The lowest BCUT2D eigenvalue weighted by Gasteiger charge is -2.14. The van der Waals surface area contributed by atoms with Crippen molar-refractivity contribution in [2.75, 3.05) is 12.1 Å². The largest absolute Gasteiger partial charge is 0.465 e. The van der Waals surface area contributed by atoms with Gasteiger partial charge >= 0.3 is 5.97 Å². The van der Waals surface area contributed by atoms with Crippen LogP contribution in [0.25, 0.3) is 17.4 Å². The van der Waals surface area contributed by atoms with Gasteiger partial charge in [-0.2, -0.15) is 10.1 Å². The molecule has 1 amide bonds. The molecule has 1 aliphatic heterocycles. The molecule has 6 nitrogen and oxygen atoms in total. The van der Waals surface area contributed by atoms with E-state index in [0.29, 0.717) is 11.3 Å². The molecule has 0 spiro atoms. The first-order chi connectivity index (χ1) is 16.5. The summed E-state index contributed by atoms with van der Waals surface area (Å²) < 4.78 is 79.2. The first-order valence-corrected chi connectivity index (χ1v) is 10.0. The summed E-state index contributed by atoms with van der Waals surface area (Å²) in [6, 6.07) is 7.44. The van der Waals surface area contributed by atoms with Crippen molar-refractivity contribution in [2.24, 2.45) is 5.10 Å². The molecule has 1 aromatic heterocycles. The number of furan rings is 1. The third-order valence-corrected chi connectivity index (χ3v) is 5.35. The van der Waals surface area contributed by atoms with E-state index in [1.165, 1.54) is 44.4 Å². The Morgan fingerprint density at radius 1 is 1.03 bits per heavy atom. The Labute approximate surface area is 198 Å². The van der Waals surface area contributed by atoms with Crippen molar-refractivity contribution in [3.63, 3.8) is 0 Å². The fraction of sp³-hybridized carbons (Fsp3) is 0.0870. The number of amides is 1. The monoisotopic (exact) mass is 510 g/mol. The van der Waals surface area contributed by atoms with E-state index in [1.807, 2.05) is 0 Å². The minimum Gasteiger partial charge on any atom is -0.465 e. The molecular formula is C23H12ClF5N2O4. The van der Waals surface area contributed by atoms with Crippen molar-refractivity contribution in [1.82, 2.24) is 0 Å². The molecule has 0 fully saturated rings. The standard InChI is InChI=1S/C23H12ClF5N2O4/c1-9-13(22(32)31(30-9)21-19(28)17(26)16(25)18(27)20(21)29)8-11-4-6-15(35-11)10-3-5-12(14(24)7-10)23(33)34-2/h3-8H,1-2H3/b13-8+. The van der Waals surface area contributed by atoms with Crippen LogP contribution >= 0.6 is 11.6 Å². The van der Waals surface area contributed by atoms with Gasteiger partial charge in [-0.1, -0.05) is 17.7 Å². The van der Waals surface area contributed by atoms with Crippen molar-refractivity contribution < 1.29 is 40.7 Å². The van der Waals surface area contributed by atoms with Gasteiger partial charge in [-0.15, -0.1) is 0 Å². The molecule has 2 heterocycles. The van der Waals surface area contributed by atoms with Gasteiger partial charge in [0.05, 0.1) is 29.0 Å². The van der Waals surface area contributed by atoms with Crippen LogP contribution in [0.3, 0.4) is 0 Å². The van der Waals surface area contributed by atoms with Gasteiger partial charge in [0.25, 0.3) is 5.91 Å². The molecule has 12 heteroatoms. The maximum absolute atomic E-state index is 14.2. The number of esters is 1. The van der Waals surface area contributed by atoms with Crippen molar-refractivity contribution in [1.29, 1.82) is 0 Å². The van der Waals surface area contributed by atoms with Gasteiger partial charge in [0.1, 0.15) is 17.2 Å². The van der Waals surface area contributed by atoms with Crippen molar-refractivity contribution in [3.05, 3.63) is 81.3 Å². The van der Waals surface area contributed by atoms with E-state index in [0.717, 1.165) is 0 Å². The molecule has 4 rings (SSSR count). The van der Waals surface area contributed by atoms with E-state index in [4.69, 9.17) is 16.0 Å². The maximum atomic E-state index is 14.2. The van der Waals surface area contributed by atoms with E-state index in [-0.39, 0.29) is 32.6 Å². The topological polar surface area (TPSA) is 72.1 Å². The quantitative estimate of drug-likeness (QED) is 0.144. The van der Waals surface area contributed by atoms with E-state index in [2.05, 4.69) is 9.84 Å². The molecule has 0 radical (unpaired) electrons. The summed E-state index contributed by atoms with van der Waals surface area (Å²) in [5.41, 5.74) is -1.12. The first-order valence-electron chi connectivity index (χ1n) is 9.66. The third-order valence-electron chi connectivity index (χ3n) is 5.03. The fourth-order valence-electron chi connectivity index (χ4n) is 3.29. The zero-order chi connectivity index (χ0) is 25.6. The highest BCUT2D eigenvalue weighted by atomic mass is 35.5. The molecule has 0 bridgehead atoms. The molecular weight excluding hydrogens is 499 g/mol. The molecule has 35 heavy (non-hydrogen) atoms. The number of hydrogen-bond acceptors (Lipinski definition) is 5. The SMILES string of the molecule is COC(=O)c1ccc(-c2ccc(/C=C3/C(=O)N(c4c(F)c(F)c(F)c(F)c4F)N=C3C)o2)cc1Cl. The lowest BCUT2D eigenvalue weighted by atomic mass is 10.1. The second kappa shape index (κ2) is 8.99. The zero-order valence-corrected chi connectivity index (χ0v) is 18.5. The number of carbonyl (C=O) groups excluding carboxylic acids is 2. The molecule has 0 atom stereocenters. The summed E-state index contributed by atoms with van der Waals surface area (Å²) in [6.07, 6.45) is 1.20. The highest BCUT2D eigenvalue weighted by Crippen LogP contribution is 2.34. The summed E-state index contributed by atoms with van der Waals surface area (Å²) in [4.78, 5) is 24.4. The number of rotatable bonds is 4. The molecule has 0 saturated carbocycles. The molecule has 0 saturated heterocycles. The number of methoxy groups -OCH3 is 1. The average molecular weight is 511 g/mol. The number of ether oxygens (including phenoxy) is 1. The Kier molecular flexibility index (Phi) is 6.20. The molecule has 0 N–H and O–H groups in total. The van der Waals surface area contributed by atoms with E-state index in [9.17, 15) is 31.5 Å². The van der Waals surface area contributed by atoms with Crippen LogP contribution in [0.4, 0.5) is 27.6 Å². The van der Waals surface area contributed by atoms with E-state index >= 15 is 0 Å². The van der Waals surface area contributed by atoms with Gasteiger partial charge in [0.15, 0.2) is 23.3 Å². The van der Waals surface area contributed by atoms with Crippen LogP contribution in [0, 0.1) is 29.1 Å². The Morgan fingerprint density at radius 2 is 1.66 bits per heavy atom. The minimum absolute atomic E-state index is 0.0534. The molecule has 0 unspecified atom stereocenters. The number of hydrazone groups is 1. The average Bonchev–Trinajstić information content (AvgIpc) is 3.41. The maximum Gasteiger partial charge on any atom is 0.339 e. The van der Waals surface area contributed by atoms with Crippen LogP contribution in [-0.4, -0.2) is 24.7 Å². The zero-order valence-electron chi connectivity index (χ0n) is 17.8. The van der Waals surface area contributed by atoms with Crippen molar-refractivity contribution in [3.8, 4) is 11.3 Å². The van der Waals surface area contributed by atoms with Gasteiger partial charge in [0.2, 0.25) is 5.82 Å². The minimum atomic E-state index is -2.35. The number of halogens is 6. The number of anilines is 1. The Morgan fingerprint density at radius 3 is 2.26 bits per heavy atom. The number of carbonyl (C=O) groups is 2. The summed E-state index contributed by atoms with van der Waals surface area (Å²) in [6.45, 7) is 1.31. The van der Waals surface area contributed by atoms with Gasteiger partial charge < -0.3 is 9.15 Å². The highest BCUT2D eigenvalue weighted by molar-refractivity contribution is 6.34. The predicted octanol–water partition coefficient (Wildman–Crippen LogP) is 5.89. The second-order valence-corrected chi connectivity index (χ2v) is 7.57. The van der Waals surface area contributed by atoms with Gasteiger partial charge in [-0.3, -0.25) is 4.79 Å². The summed E-state index contributed by atoms with van der Waals surface area (Å²) >= 11 is 6.11. The van der Waals surface area contributed by atoms with E-state index < -0.39 is 46.6 Å². The van der Waals surface area contributed by atoms with Crippen LogP contribution < -0.4 is 5.01 Å². The van der Waals surface area contributed by atoms with Gasteiger partial charge in [-0.25, -0.2) is 26.7 Å². The smallest absolute Gasteiger partial charge is 0.339 e. The molecule has 3 aromatic rings. The fourth-order valence-corrected chi connectivity index (χ4v) is 3.54. The highest BCUT2D eigenvalue weighted by Gasteiger charge is 2.37. The Bertz CT molecular complexity index is 1440. The first kappa shape index (κ1) is 24.1. The van der Waals surface area contributed by atoms with Crippen LogP contribution in [0.15, 0.2) is 45.4 Å². The number of nitrogens with zero attached hydrogens (tertiary/aromatic N) is 2. The molecule has 1 aliphatic rings. The predicted molar refractivity (Wildman–Crippen MR) is 115 cm³/mol. The molecule has 0 aliphatic carbocycles. The van der Waals surface area contributed by atoms with Crippen LogP contribution in [0.5, 0.6) is 0 Å². The Balaban J connectivity index is 1.66. The lowest BCUT2D eigenvalue weighted by molar-refractivity contribution is -0.114. The Hall–Kier alpha value is -3.99. The van der Waals surface area contributed by atoms with Gasteiger partial charge in [-0.05, 0) is 37.3 Å². The van der Waals surface area contributed by atoms with Crippen molar-refractivity contribution in [2.45, 2.75) is 6.92 Å². The molecule has 2 aromatic carbocycles. The summed E-state index contributed by atoms with van der Waals surface area (Å²) in [5, 5.41) is 3.87. The summed E-state index contributed by atoms with van der Waals surface area (Å²) in [5.74, 6) is -12.5. The second-order valence-electron chi connectivity index (χ2n) is 7.17. The van der Waals surface area contributed by atoms with Crippen LogP contribution in [-0.2, 0) is 9.53 Å². The van der Waals surface area contributed by atoms with Crippen molar-refractivity contribution >= 4 is 41.0 Å². The number of hydrogen-bond donors (Lipinski definition) is 0. The lowest BCUT2D eigenvalue weighted by Crippen LogP contribution is -2.25. The molecule has 180 valence electrons. The van der Waals surface area contributed by atoms with Crippen LogP contribution in [0.1, 0.15) is 23.0 Å². The number of benzene rings is 2. The normalized spacial score (nSPS) is 14.6. The van der Waals surface area contributed by atoms with Crippen LogP contribution in [0.2, 0.25) is 5.02 Å². The summed E-state index contributed by atoms with van der Waals surface area (Å²) in [7, 11) is 1.21. The van der Waals surface area contributed by atoms with E-state index in [1.54, 1.807) is 6.07 Å².